The molecule has 3 nitrogen and oxygen atoms in total. The lowest BCUT2D eigenvalue weighted by molar-refractivity contribution is 0.230. The molecule has 11 heavy (non-hydrogen) atoms. The number of rotatable bonds is 3. The van der Waals surface area contributed by atoms with E-state index in [4.69, 9.17) is 11.6 Å². The first-order chi connectivity index (χ1) is 5.17. The second-order valence-corrected chi connectivity index (χ2v) is 2.07. The first kappa shape index (κ1) is 9.78. The molecular weight excluding hydrogens is 140 g/mol. The molecule has 0 fully saturated rings. The SMILES string of the molecule is C=C/C(ON)=C(N)\C(C)=C/C. The Labute approximate surface area is 67.0 Å². The fourth-order valence-electron chi connectivity index (χ4n) is 0.571. The van der Waals surface area contributed by atoms with Crippen LogP contribution in [0.2, 0.25) is 0 Å². The molecule has 0 unspecified atom stereocenters. The van der Waals surface area contributed by atoms with Crippen molar-refractivity contribution in [2.45, 2.75) is 13.8 Å². The summed E-state index contributed by atoms with van der Waals surface area (Å²) >= 11 is 0. The van der Waals surface area contributed by atoms with Crippen LogP contribution < -0.4 is 11.6 Å². The Kier molecular flexibility index (Phi) is 4.07. The zero-order valence-corrected chi connectivity index (χ0v) is 6.92. The zero-order chi connectivity index (χ0) is 8.85. The monoisotopic (exact) mass is 154 g/mol. The van der Waals surface area contributed by atoms with E-state index in [1.807, 2.05) is 19.9 Å². The molecule has 0 aliphatic carbocycles. The standard InChI is InChI=1S/C8H14N2O/c1-4-6(3)8(9)7(5-2)11-10/h4-5H,2,9-10H2,1,3H3/b6-4-,8-7-. The van der Waals surface area contributed by atoms with Crippen LogP contribution in [0.15, 0.2) is 35.8 Å². The largest absolute Gasteiger partial charge is 0.409 e. The van der Waals surface area contributed by atoms with Gasteiger partial charge in [0.15, 0.2) is 5.76 Å². The van der Waals surface area contributed by atoms with Gasteiger partial charge in [-0.05, 0) is 25.5 Å². The van der Waals surface area contributed by atoms with E-state index in [1.165, 1.54) is 6.08 Å². The van der Waals surface area contributed by atoms with Gasteiger partial charge >= 0.3 is 0 Å². The fraction of sp³-hybridized carbons (Fsp3) is 0.250. The summed E-state index contributed by atoms with van der Waals surface area (Å²) in [6.07, 6.45) is 3.35. The lowest BCUT2D eigenvalue weighted by Crippen LogP contribution is -2.08. The van der Waals surface area contributed by atoms with Crippen LogP contribution in [0, 0.1) is 0 Å². The fourth-order valence-corrected chi connectivity index (χ4v) is 0.571. The van der Waals surface area contributed by atoms with E-state index in [2.05, 4.69) is 11.4 Å². The molecule has 62 valence electrons. The van der Waals surface area contributed by atoms with Crippen molar-refractivity contribution in [3.63, 3.8) is 0 Å². The summed E-state index contributed by atoms with van der Waals surface area (Å²) < 4.78 is 0. The second-order valence-electron chi connectivity index (χ2n) is 2.07. The van der Waals surface area contributed by atoms with Gasteiger partial charge in [0.05, 0.1) is 5.70 Å². The molecule has 0 amide bonds. The van der Waals surface area contributed by atoms with E-state index in [1.54, 1.807) is 0 Å². The van der Waals surface area contributed by atoms with Gasteiger partial charge in [0.1, 0.15) is 0 Å². The van der Waals surface area contributed by atoms with Crippen LogP contribution in [-0.4, -0.2) is 0 Å². The molecule has 4 N–H and O–H groups in total. The van der Waals surface area contributed by atoms with Crippen LogP contribution in [0.1, 0.15) is 13.8 Å². The minimum absolute atomic E-state index is 0.403. The van der Waals surface area contributed by atoms with Gasteiger partial charge in [0.2, 0.25) is 0 Å². The number of hydrogen-bond acceptors (Lipinski definition) is 3. The Morgan fingerprint density at radius 1 is 1.55 bits per heavy atom. The number of nitrogens with two attached hydrogens (primary N) is 2. The highest BCUT2D eigenvalue weighted by Crippen LogP contribution is 2.08. The van der Waals surface area contributed by atoms with Gasteiger partial charge in [-0.1, -0.05) is 12.7 Å². The van der Waals surface area contributed by atoms with Crippen LogP contribution in [-0.2, 0) is 4.84 Å². The third kappa shape index (κ3) is 2.47. The van der Waals surface area contributed by atoms with Crippen molar-refractivity contribution in [3.8, 4) is 0 Å². The van der Waals surface area contributed by atoms with Crippen LogP contribution in [0.4, 0.5) is 0 Å². The summed E-state index contributed by atoms with van der Waals surface area (Å²) in [6, 6.07) is 0. The van der Waals surface area contributed by atoms with Gasteiger partial charge in [0, 0.05) is 0 Å². The lowest BCUT2D eigenvalue weighted by Gasteiger charge is -2.05. The number of hydrogen-bond donors (Lipinski definition) is 2. The summed E-state index contributed by atoms with van der Waals surface area (Å²) in [5.41, 5.74) is 7.07. The highest BCUT2D eigenvalue weighted by atomic mass is 16.6. The average molecular weight is 154 g/mol. The predicted molar refractivity (Wildman–Crippen MR) is 46.1 cm³/mol. The van der Waals surface area contributed by atoms with Gasteiger partial charge in [-0.15, -0.1) is 0 Å². The molecule has 0 atom stereocenters. The van der Waals surface area contributed by atoms with Crippen molar-refractivity contribution in [1.29, 1.82) is 0 Å². The molecule has 3 heteroatoms. The molecule has 0 aromatic carbocycles. The van der Waals surface area contributed by atoms with E-state index < -0.39 is 0 Å². The summed E-state index contributed by atoms with van der Waals surface area (Å²) in [4.78, 5) is 4.48. The first-order valence-electron chi connectivity index (χ1n) is 3.29. The summed E-state index contributed by atoms with van der Waals surface area (Å²) in [6.45, 7) is 7.26. The molecular formula is C8H14N2O. The molecule has 0 aromatic rings. The number of allylic oxidation sites excluding steroid dienone is 3. The average Bonchev–Trinajstić information content (AvgIpc) is 2.05. The van der Waals surface area contributed by atoms with Gasteiger partial charge in [-0.3, -0.25) is 0 Å². The third-order valence-corrected chi connectivity index (χ3v) is 1.44. The maximum Gasteiger partial charge on any atom is 0.169 e. The van der Waals surface area contributed by atoms with Crippen molar-refractivity contribution >= 4 is 0 Å². The Bertz CT molecular complexity index is 204. The van der Waals surface area contributed by atoms with Crippen molar-refractivity contribution in [2.75, 3.05) is 0 Å². The summed E-state index contributed by atoms with van der Waals surface area (Å²) in [5, 5.41) is 0. The molecule has 0 rings (SSSR count). The molecule has 0 saturated carbocycles. The van der Waals surface area contributed by atoms with E-state index in [0.29, 0.717) is 11.5 Å². The Morgan fingerprint density at radius 2 is 2.09 bits per heavy atom. The molecule has 0 bridgehead atoms. The van der Waals surface area contributed by atoms with Crippen LogP contribution >= 0.6 is 0 Å². The molecule has 0 spiro atoms. The maximum atomic E-state index is 5.63. The minimum Gasteiger partial charge on any atom is -0.409 e. The third-order valence-electron chi connectivity index (χ3n) is 1.44. The van der Waals surface area contributed by atoms with Crippen molar-refractivity contribution < 1.29 is 4.84 Å². The van der Waals surface area contributed by atoms with E-state index in [0.717, 1.165) is 5.57 Å². The summed E-state index contributed by atoms with van der Waals surface area (Å²) in [7, 11) is 0. The predicted octanol–water partition coefficient (Wildman–Crippen LogP) is 1.20. The van der Waals surface area contributed by atoms with Crippen molar-refractivity contribution in [1.82, 2.24) is 0 Å². The molecule has 0 aromatic heterocycles. The molecule has 0 radical (unpaired) electrons. The van der Waals surface area contributed by atoms with Crippen LogP contribution in [0.3, 0.4) is 0 Å². The minimum atomic E-state index is 0.403. The molecule has 0 aliphatic rings. The Balaban J connectivity index is 4.75. The highest BCUT2D eigenvalue weighted by Gasteiger charge is 2.00. The van der Waals surface area contributed by atoms with E-state index in [9.17, 15) is 0 Å². The second kappa shape index (κ2) is 4.57. The van der Waals surface area contributed by atoms with Gasteiger partial charge in [-0.25, -0.2) is 0 Å². The quantitative estimate of drug-likeness (QED) is 0.365. The Morgan fingerprint density at radius 3 is 2.36 bits per heavy atom. The maximum absolute atomic E-state index is 5.63. The molecule has 0 aliphatic heterocycles. The normalized spacial score (nSPS) is 13.9. The van der Waals surface area contributed by atoms with E-state index >= 15 is 0 Å². The molecule has 0 heterocycles. The van der Waals surface area contributed by atoms with Crippen molar-refractivity contribution in [2.24, 2.45) is 11.6 Å². The first-order valence-corrected chi connectivity index (χ1v) is 3.29. The smallest absolute Gasteiger partial charge is 0.169 e. The van der Waals surface area contributed by atoms with Crippen LogP contribution in [0.5, 0.6) is 0 Å². The highest BCUT2D eigenvalue weighted by molar-refractivity contribution is 5.32. The van der Waals surface area contributed by atoms with Crippen molar-refractivity contribution in [3.05, 3.63) is 35.8 Å². The Hall–Kier alpha value is -1.22. The van der Waals surface area contributed by atoms with E-state index in [-0.39, 0.29) is 0 Å². The lowest BCUT2D eigenvalue weighted by atomic mass is 10.2. The van der Waals surface area contributed by atoms with Gasteiger partial charge < -0.3 is 10.6 Å². The van der Waals surface area contributed by atoms with Gasteiger partial charge in [0.25, 0.3) is 0 Å². The summed E-state index contributed by atoms with van der Waals surface area (Å²) in [5.74, 6) is 5.34. The van der Waals surface area contributed by atoms with Crippen LogP contribution in [0.25, 0.3) is 0 Å². The topological polar surface area (TPSA) is 61.3 Å². The zero-order valence-electron chi connectivity index (χ0n) is 6.92. The van der Waals surface area contributed by atoms with Gasteiger partial charge in [-0.2, -0.15) is 5.90 Å². The molecule has 0 saturated heterocycles.